The highest BCUT2D eigenvalue weighted by molar-refractivity contribution is 5.85. The zero-order chi connectivity index (χ0) is 18.5. The van der Waals surface area contributed by atoms with Crippen molar-refractivity contribution in [2.45, 2.75) is 63.5 Å². The molecule has 9 heteroatoms. The van der Waals surface area contributed by atoms with Gasteiger partial charge in [-0.25, -0.2) is 4.98 Å². The van der Waals surface area contributed by atoms with Gasteiger partial charge in [-0.2, -0.15) is 20.2 Å². The van der Waals surface area contributed by atoms with Gasteiger partial charge in [-0.3, -0.25) is 0 Å². The van der Waals surface area contributed by atoms with Gasteiger partial charge in [0.2, 0.25) is 17.8 Å². The summed E-state index contributed by atoms with van der Waals surface area (Å²) in [6.45, 7) is 0. The topological polar surface area (TPSA) is 111 Å². The average Bonchev–Trinajstić information content (AvgIpc) is 3.36. The van der Waals surface area contributed by atoms with Crippen LogP contribution in [0.15, 0.2) is 18.3 Å². The van der Waals surface area contributed by atoms with Gasteiger partial charge in [-0.1, -0.05) is 25.7 Å². The summed E-state index contributed by atoms with van der Waals surface area (Å²) < 4.78 is 0. The predicted molar refractivity (Wildman–Crippen MR) is 111 cm³/mol. The van der Waals surface area contributed by atoms with Crippen LogP contribution >= 0.6 is 12.4 Å². The minimum absolute atomic E-state index is 0. The lowest BCUT2D eigenvalue weighted by molar-refractivity contribution is 0.730. The van der Waals surface area contributed by atoms with E-state index in [4.69, 9.17) is 5.26 Å². The van der Waals surface area contributed by atoms with Crippen molar-refractivity contribution >= 4 is 35.9 Å². The molecule has 2 aliphatic rings. The van der Waals surface area contributed by atoms with Gasteiger partial charge in [0, 0.05) is 12.1 Å². The molecule has 0 atom stereocenters. The highest BCUT2D eigenvalue weighted by Gasteiger charge is 2.19. The number of hydrogen-bond donors (Lipinski definition) is 3. The van der Waals surface area contributed by atoms with E-state index in [1.165, 1.54) is 25.7 Å². The van der Waals surface area contributed by atoms with Crippen LogP contribution in [0.5, 0.6) is 0 Å². The third kappa shape index (κ3) is 5.20. The lowest BCUT2D eigenvalue weighted by Crippen LogP contribution is -2.21. The first kappa shape index (κ1) is 20.1. The molecular formula is C19H25ClN8. The van der Waals surface area contributed by atoms with Crippen LogP contribution in [0.2, 0.25) is 0 Å². The number of hydrogen-bond acceptors (Lipinski definition) is 8. The minimum atomic E-state index is 0. The second-order valence-electron chi connectivity index (χ2n) is 7.23. The number of rotatable bonds is 6. The van der Waals surface area contributed by atoms with Crippen LogP contribution in [0, 0.1) is 11.3 Å². The Morgan fingerprint density at radius 3 is 1.82 bits per heavy atom. The van der Waals surface area contributed by atoms with Gasteiger partial charge in [0.25, 0.3) is 0 Å². The highest BCUT2D eigenvalue weighted by atomic mass is 35.5. The molecule has 0 aliphatic heterocycles. The van der Waals surface area contributed by atoms with E-state index in [0.717, 1.165) is 31.4 Å². The van der Waals surface area contributed by atoms with E-state index in [0.29, 0.717) is 35.6 Å². The van der Waals surface area contributed by atoms with Crippen molar-refractivity contribution in [3.8, 4) is 6.07 Å². The van der Waals surface area contributed by atoms with Crippen LogP contribution in [0.3, 0.4) is 0 Å². The van der Waals surface area contributed by atoms with Gasteiger partial charge in [0.15, 0.2) is 0 Å². The molecule has 2 aromatic rings. The molecule has 2 fully saturated rings. The second kappa shape index (κ2) is 9.51. The number of nitrogens with zero attached hydrogens (tertiary/aromatic N) is 5. The summed E-state index contributed by atoms with van der Waals surface area (Å²) >= 11 is 0. The first-order valence-corrected chi connectivity index (χ1v) is 9.71. The number of nitriles is 1. The number of aromatic nitrogens is 4. The second-order valence-corrected chi connectivity index (χ2v) is 7.23. The molecule has 0 bridgehead atoms. The Bertz CT molecular complexity index is 771. The molecule has 2 heterocycles. The fourth-order valence-corrected chi connectivity index (χ4v) is 3.73. The summed E-state index contributed by atoms with van der Waals surface area (Å²) in [7, 11) is 0. The zero-order valence-electron chi connectivity index (χ0n) is 15.7. The van der Waals surface area contributed by atoms with Crippen LogP contribution in [0.4, 0.5) is 23.5 Å². The smallest absolute Gasteiger partial charge is 0.233 e. The van der Waals surface area contributed by atoms with E-state index < -0.39 is 0 Å². The van der Waals surface area contributed by atoms with Crippen molar-refractivity contribution in [2.24, 2.45) is 0 Å². The maximum Gasteiger partial charge on any atom is 0.233 e. The Kier molecular flexibility index (Phi) is 6.82. The number of anilines is 4. The Labute approximate surface area is 171 Å². The van der Waals surface area contributed by atoms with Gasteiger partial charge < -0.3 is 16.0 Å². The Hall–Kier alpha value is -2.66. The first-order valence-electron chi connectivity index (χ1n) is 9.71. The number of nitrogens with one attached hydrogen (secondary N) is 3. The molecule has 2 saturated carbocycles. The molecule has 2 aromatic heterocycles. The molecule has 8 nitrogen and oxygen atoms in total. The maximum absolute atomic E-state index is 8.88. The van der Waals surface area contributed by atoms with Crippen molar-refractivity contribution in [3.05, 3.63) is 24.0 Å². The maximum atomic E-state index is 8.88. The molecule has 2 aliphatic carbocycles. The molecule has 0 saturated heterocycles. The molecule has 4 rings (SSSR count). The van der Waals surface area contributed by atoms with Crippen molar-refractivity contribution < 1.29 is 0 Å². The normalized spacial score (nSPS) is 17.0. The molecule has 28 heavy (non-hydrogen) atoms. The minimum Gasteiger partial charge on any atom is -0.351 e. The van der Waals surface area contributed by atoms with Gasteiger partial charge in [0.05, 0.1) is 11.9 Å². The molecule has 3 N–H and O–H groups in total. The van der Waals surface area contributed by atoms with Crippen LogP contribution in [-0.4, -0.2) is 32.0 Å². The van der Waals surface area contributed by atoms with Crippen LogP contribution in [-0.2, 0) is 0 Å². The van der Waals surface area contributed by atoms with Gasteiger partial charge >= 0.3 is 0 Å². The molecule has 148 valence electrons. The summed E-state index contributed by atoms with van der Waals surface area (Å²) in [5.41, 5.74) is 1.11. The fourth-order valence-electron chi connectivity index (χ4n) is 3.73. The van der Waals surface area contributed by atoms with E-state index >= 15 is 0 Å². The Morgan fingerprint density at radius 1 is 0.821 bits per heavy atom. The van der Waals surface area contributed by atoms with E-state index in [1.807, 2.05) is 6.07 Å². The standard InChI is InChI=1S/C19H24N8.ClH/c20-11-15-9-10-16(12-21-15)24-19-26-17(22-13-5-1-2-6-13)25-18(27-19)23-14-7-3-4-8-14;/h9-10,12-14H,1-8H2,(H3,22,23,24,25,26,27);1H. The largest absolute Gasteiger partial charge is 0.351 e. The molecule has 0 unspecified atom stereocenters. The lowest BCUT2D eigenvalue weighted by atomic mass is 10.2. The monoisotopic (exact) mass is 400 g/mol. The molecule has 0 aromatic carbocycles. The van der Waals surface area contributed by atoms with Crippen LogP contribution in [0.25, 0.3) is 0 Å². The summed E-state index contributed by atoms with van der Waals surface area (Å²) in [6.07, 6.45) is 11.2. The Morgan fingerprint density at radius 2 is 1.36 bits per heavy atom. The van der Waals surface area contributed by atoms with E-state index in [1.54, 1.807) is 18.3 Å². The Balaban J connectivity index is 0.00000225. The predicted octanol–water partition coefficient (Wildman–Crippen LogP) is 4.01. The van der Waals surface area contributed by atoms with Gasteiger partial charge in [-0.05, 0) is 37.8 Å². The van der Waals surface area contributed by atoms with E-state index in [2.05, 4.69) is 35.9 Å². The molecular weight excluding hydrogens is 376 g/mol. The highest BCUT2D eigenvalue weighted by Crippen LogP contribution is 2.24. The molecule has 0 amide bonds. The van der Waals surface area contributed by atoms with Crippen LogP contribution in [0.1, 0.15) is 57.1 Å². The van der Waals surface area contributed by atoms with E-state index in [9.17, 15) is 0 Å². The van der Waals surface area contributed by atoms with Crippen molar-refractivity contribution in [3.63, 3.8) is 0 Å². The summed E-state index contributed by atoms with van der Waals surface area (Å²) in [5, 5.41) is 19.0. The zero-order valence-corrected chi connectivity index (χ0v) is 16.5. The van der Waals surface area contributed by atoms with Gasteiger partial charge in [0.1, 0.15) is 11.8 Å². The van der Waals surface area contributed by atoms with Crippen molar-refractivity contribution in [2.75, 3.05) is 16.0 Å². The fraction of sp³-hybridized carbons (Fsp3) is 0.526. The van der Waals surface area contributed by atoms with Crippen molar-refractivity contribution in [1.82, 2.24) is 19.9 Å². The third-order valence-corrected chi connectivity index (χ3v) is 5.15. The lowest BCUT2D eigenvalue weighted by Gasteiger charge is -2.16. The quantitative estimate of drug-likeness (QED) is 0.666. The first-order chi connectivity index (χ1) is 13.3. The van der Waals surface area contributed by atoms with Crippen LogP contribution < -0.4 is 16.0 Å². The number of pyridine rings is 1. The third-order valence-electron chi connectivity index (χ3n) is 5.15. The van der Waals surface area contributed by atoms with E-state index in [-0.39, 0.29) is 12.4 Å². The SMILES string of the molecule is Cl.N#Cc1ccc(Nc2nc(NC3CCCC3)nc(NC3CCCC3)n2)cn1. The number of halogens is 1. The van der Waals surface area contributed by atoms with Gasteiger partial charge in [-0.15, -0.1) is 12.4 Å². The molecule has 0 radical (unpaired) electrons. The summed E-state index contributed by atoms with van der Waals surface area (Å²) in [6, 6.07) is 6.33. The summed E-state index contributed by atoms with van der Waals surface area (Å²) in [5.74, 6) is 1.67. The molecule has 0 spiro atoms. The van der Waals surface area contributed by atoms with Crippen molar-refractivity contribution in [1.29, 1.82) is 5.26 Å². The average molecular weight is 401 g/mol. The summed E-state index contributed by atoms with van der Waals surface area (Å²) in [4.78, 5) is 17.7.